The predicted octanol–water partition coefficient (Wildman–Crippen LogP) is 2.44. The molecule has 0 bridgehead atoms. The number of hydrogen-bond acceptors (Lipinski definition) is 4. The number of rotatable bonds is 9. The maximum Gasteiger partial charge on any atom is 0.313 e. The first-order valence-corrected chi connectivity index (χ1v) is 7.70. The van der Waals surface area contributed by atoms with Gasteiger partial charge in [-0.15, -0.1) is 0 Å². The number of methoxy groups -OCH3 is 1. The van der Waals surface area contributed by atoms with Crippen LogP contribution in [0.1, 0.15) is 39.0 Å². The third-order valence-corrected chi connectivity index (χ3v) is 4.52. The molecule has 0 aromatic heterocycles. The molecule has 0 spiro atoms. The van der Waals surface area contributed by atoms with Gasteiger partial charge < -0.3 is 10.5 Å². The maximum absolute atomic E-state index is 12.0. The van der Waals surface area contributed by atoms with Crippen LogP contribution in [0.15, 0.2) is 0 Å². The average Bonchev–Trinajstić information content (AvgIpc) is 3.16. The lowest BCUT2D eigenvalue weighted by atomic mass is 9.78. The number of hydrogen-bond donors (Lipinski definition) is 1. The van der Waals surface area contributed by atoms with Crippen LogP contribution in [0.3, 0.4) is 0 Å². The molecule has 2 N–H and O–H groups in total. The van der Waals surface area contributed by atoms with Crippen molar-refractivity contribution >= 4 is 17.7 Å². The second-order valence-electron chi connectivity index (χ2n) is 4.92. The predicted molar refractivity (Wildman–Crippen MR) is 73.1 cm³/mol. The van der Waals surface area contributed by atoms with Crippen molar-refractivity contribution in [1.82, 2.24) is 0 Å². The van der Waals surface area contributed by atoms with E-state index < -0.39 is 5.41 Å². The van der Waals surface area contributed by atoms with E-state index in [9.17, 15) is 4.79 Å². The molecule has 0 amide bonds. The van der Waals surface area contributed by atoms with E-state index in [-0.39, 0.29) is 5.97 Å². The highest BCUT2D eigenvalue weighted by molar-refractivity contribution is 7.99. The van der Waals surface area contributed by atoms with E-state index in [1.165, 1.54) is 20.0 Å². The van der Waals surface area contributed by atoms with E-state index in [1.807, 2.05) is 11.8 Å². The second kappa shape index (κ2) is 7.27. The molecule has 4 heteroatoms. The topological polar surface area (TPSA) is 52.3 Å². The minimum absolute atomic E-state index is 0.103. The fraction of sp³-hybridized carbons (Fsp3) is 0.923. The lowest BCUT2D eigenvalue weighted by Crippen LogP contribution is -2.40. The van der Waals surface area contributed by atoms with Crippen LogP contribution < -0.4 is 5.73 Å². The summed E-state index contributed by atoms with van der Waals surface area (Å²) >= 11 is 1.92. The number of nitrogens with two attached hydrogens (primary N) is 1. The van der Waals surface area contributed by atoms with Gasteiger partial charge in [0, 0.05) is 6.54 Å². The van der Waals surface area contributed by atoms with E-state index in [2.05, 4.69) is 6.92 Å². The van der Waals surface area contributed by atoms with E-state index in [0.29, 0.717) is 12.5 Å². The molecular formula is C13H25NO2S. The normalized spacial score (nSPS) is 18.8. The molecular weight excluding hydrogens is 234 g/mol. The summed E-state index contributed by atoms with van der Waals surface area (Å²) in [6.07, 6.45) is 5.36. The van der Waals surface area contributed by atoms with Crippen LogP contribution in [0.5, 0.6) is 0 Å². The quantitative estimate of drug-likeness (QED) is 0.510. The molecule has 1 unspecified atom stereocenters. The summed E-state index contributed by atoms with van der Waals surface area (Å²) in [5.41, 5.74) is 5.45. The molecule has 1 fully saturated rings. The first kappa shape index (κ1) is 14.8. The maximum atomic E-state index is 12.0. The zero-order valence-corrected chi connectivity index (χ0v) is 11.9. The minimum Gasteiger partial charge on any atom is -0.469 e. The zero-order valence-electron chi connectivity index (χ0n) is 11.0. The summed E-state index contributed by atoms with van der Waals surface area (Å²) in [5.74, 6) is 2.85. The van der Waals surface area contributed by atoms with Crippen LogP contribution in [-0.4, -0.2) is 31.1 Å². The van der Waals surface area contributed by atoms with Gasteiger partial charge in [0.15, 0.2) is 0 Å². The highest BCUT2D eigenvalue weighted by atomic mass is 32.2. The van der Waals surface area contributed by atoms with Crippen molar-refractivity contribution in [3.8, 4) is 0 Å². The van der Waals surface area contributed by atoms with Crippen LogP contribution in [0.25, 0.3) is 0 Å². The molecule has 3 nitrogen and oxygen atoms in total. The summed E-state index contributed by atoms with van der Waals surface area (Å²) in [7, 11) is 1.47. The Morgan fingerprint density at radius 3 is 2.71 bits per heavy atom. The molecule has 0 aromatic carbocycles. The minimum atomic E-state index is -0.412. The molecule has 1 aliphatic carbocycles. The smallest absolute Gasteiger partial charge is 0.313 e. The van der Waals surface area contributed by atoms with Crippen LogP contribution in [0.2, 0.25) is 0 Å². The number of thioether (sulfide) groups is 1. The van der Waals surface area contributed by atoms with Crippen LogP contribution >= 0.6 is 11.8 Å². The van der Waals surface area contributed by atoms with Gasteiger partial charge in [-0.1, -0.05) is 19.8 Å². The van der Waals surface area contributed by atoms with E-state index in [1.54, 1.807) is 0 Å². The molecule has 1 aliphatic rings. The lowest BCUT2D eigenvalue weighted by molar-refractivity contribution is -0.153. The molecule has 1 rings (SSSR count). The summed E-state index contributed by atoms with van der Waals surface area (Å²) in [6.45, 7) is 2.58. The van der Waals surface area contributed by atoms with Crippen molar-refractivity contribution in [2.24, 2.45) is 17.1 Å². The summed E-state index contributed by atoms with van der Waals surface area (Å²) in [5, 5.41) is 0. The summed E-state index contributed by atoms with van der Waals surface area (Å²) in [4.78, 5) is 12.0. The highest BCUT2D eigenvalue weighted by Gasteiger charge is 2.42. The Bertz CT molecular complexity index is 244. The van der Waals surface area contributed by atoms with Crippen molar-refractivity contribution in [3.05, 3.63) is 0 Å². The lowest BCUT2D eigenvalue weighted by Gasteiger charge is -2.29. The van der Waals surface area contributed by atoms with Gasteiger partial charge in [0.1, 0.15) is 0 Å². The van der Waals surface area contributed by atoms with Gasteiger partial charge in [-0.2, -0.15) is 11.8 Å². The molecule has 1 saturated carbocycles. The van der Waals surface area contributed by atoms with E-state index >= 15 is 0 Å². The Balaban J connectivity index is 2.51. The van der Waals surface area contributed by atoms with Crippen molar-refractivity contribution < 1.29 is 9.53 Å². The van der Waals surface area contributed by atoms with Gasteiger partial charge in [-0.05, 0) is 36.7 Å². The molecule has 100 valence electrons. The van der Waals surface area contributed by atoms with Crippen LogP contribution in [-0.2, 0) is 9.53 Å². The third kappa shape index (κ3) is 4.51. The van der Waals surface area contributed by atoms with Gasteiger partial charge in [0.2, 0.25) is 0 Å². The van der Waals surface area contributed by atoms with Crippen molar-refractivity contribution in [1.29, 1.82) is 0 Å². The van der Waals surface area contributed by atoms with E-state index in [0.717, 1.165) is 30.8 Å². The Kier molecular flexibility index (Phi) is 6.34. The number of carbonyl (C=O) groups is 1. The molecule has 0 aliphatic heterocycles. The first-order valence-electron chi connectivity index (χ1n) is 6.54. The fourth-order valence-corrected chi connectivity index (χ4v) is 2.94. The Morgan fingerprint density at radius 2 is 2.24 bits per heavy atom. The largest absolute Gasteiger partial charge is 0.469 e. The Labute approximate surface area is 109 Å². The highest BCUT2D eigenvalue weighted by Crippen LogP contribution is 2.43. The summed E-state index contributed by atoms with van der Waals surface area (Å²) < 4.78 is 4.97. The molecule has 0 heterocycles. The first-order chi connectivity index (χ1) is 8.18. The van der Waals surface area contributed by atoms with Crippen LogP contribution in [0.4, 0.5) is 0 Å². The molecule has 0 aromatic rings. The molecule has 0 radical (unpaired) electrons. The van der Waals surface area contributed by atoms with Gasteiger partial charge in [-0.3, -0.25) is 4.79 Å². The standard InChI is InChI=1S/C13H25NO2S/c1-3-17-8-4-7-13(10-14,12(15)16-2)9-11-5-6-11/h11H,3-10,14H2,1-2H3. The molecule has 1 atom stereocenters. The van der Waals surface area contributed by atoms with Gasteiger partial charge in [-0.25, -0.2) is 0 Å². The van der Waals surface area contributed by atoms with Crippen LogP contribution in [0, 0.1) is 11.3 Å². The average molecular weight is 259 g/mol. The second-order valence-corrected chi connectivity index (χ2v) is 6.32. The van der Waals surface area contributed by atoms with Crippen molar-refractivity contribution in [2.45, 2.75) is 39.0 Å². The molecule has 17 heavy (non-hydrogen) atoms. The number of esters is 1. The SMILES string of the molecule is CCSCCCC(CN)(CC1CC1)C(=O)OC. The fourth-order valence-electron chi connectivity index (χ4n) is 2.30. The number of carbonyl (C=O) groups excluding carboxylic acids is 1. The molecule has 0 saturated heterocycles. The van der Waals surface area contributed by atoms with Gasteiger partial charge in [0.25, 0.3) is 0 Å². The van der Waals surface area contributed by atoms with Gasteiger partial charge >= 0.3 is 5.97 Å². The van der Waals surface area contributed by atoms with Crippen molar-refractivity contribution in [3.63, 3.8) is 0 Å². The number of ether oxygens (including phenoxy) is 1. The monoisotopic (exact) mass is 259 g/mol. The van der Waals surface area contributed by atoms with Crippen molar-refractivity contribution in [2.75, 3.05) is 25.2 Å². The van der Waals surface area contributed by atoms with Gasteiger partial charge in [0.05, 0.1) is 12.5 Å². The van der Waals surface area contributed by atoms with E-state index in [4.69, 9.17) is 10.5 Å². The Morgan fingerprint density at radius 1 is 1.53 bits per heavy atom. The summed E-state index contributed by atoms with van der Waals surface area (Å²) in [6, 6.07) is 0. The third-order valence-electron chi connectivity index (χ3n) is 3.53. The zero-order chi connectivity index (χ0) is 12.7. The Hall–Kier alpha value is -0.220.